The predicted octanol–water partition coefficient (Wildman–Crippen LogP) is 2.74. The molecule has 1 aliphatic heterocycles. The zero-order valence-electron chi connectivity index (χ0n) is 18.3. The van der Waals surface area contributed by atoms with E-state index in [1.165, 1.54) is 10.4 Å². The smallest absolute Gasteiger partial charge is 0.257 e. The lowest BCUT2D eigenvalue weighted by Gasteiger charge is -2.31. The number of likely N-dealkylation sites (N-methyl/N-ethyl adjacent to an activating group) is 1. The highest BCUT2D eigenvalue weighted by Gasteiger charge is 2.27. The van der Waals surface area contributed by atoms with Crippen molar-refractivity contribution in [2.75, 3.05) is 45.7 Å². The van der Waals surface area contributed by atoms with Gasteiger partial charge in [0.1, 0.15) is 5.75 Å². The van der Waals surface area contributed by atoms with Gasteiger partial charge in [-0.25, -0.2) is 8.42 Å². The molecule has 2 heterocycles. The Morgan fingerprint density at radius 1 is 1.06 bits per heavy atom. The number of ether oxygens (including phenoxy) is 1. The molecule has 9 heteroatoms. The maximum atomic E-state index is 13.0. The number of aromatic nitrogens is 1. The van der Waals surface area contributed by atoms with Gasteiger partial charge in [0.15, 0.2) is 0 Å². The summed E-state index contributed by atoms with van der Waals surface area (Å²) in [4.78, 5) is 19.7. The van der Waals surface area contributed by atoms with E-state index in [-0.39, 0.29) is 10.8 Å². The standard InChI is InChI=1S/C23H26N4O4S/c1-16-21(13-17-7-8-19(31-3)15-22(17)24-16)23(28)25-18-5-4-6-20(14-18)32(29,30)27-11-9-26(2)10-12-27/h4-8,13-15H,9-12H2,1-3H3,(H,25,28). The van der Waals surface area contributed by atoms with Gasteiger partial charge in [-0.2, -0.15) is 4.31 Å². The number of sulfonamides is 1. The molecule has 1 amide bonds. The molecule has 1 N–H and O–H groups in total. The second-order valence-corrected chi connectivity index (χ2v) is 9.81. The normalized spacial score (nSPS) is 15.6. The first-order valence-corrected chi connectivity index (χ1v) is 11.8. The first kappa shape index (κ1) is 22.2. The molecule has 4 rings (SSSR count). The van der Waals surface area contributed by atoms with Crippen molar-refractivity contribution in [3.8, 4) is 5.75 Å². The summed E-state index contributed by atoms with van der Waals surface area (Å²) in [6.07, 6.45) is 0. The van der Waals surface area contributed by atoms with Gasteiger partial charge in [-0.3, -0.25) is 9.78 Å². The Morgan fingerprint density at radius 3 is 2.53 bits per heavy atom. The van der Waals surface area contributed by atoms with Crippen LogP contribution in [0.3, 0.4) is 0 Å². The van der Waals surface area contributed by atoms with Crippen LogP contribution in [0.15, 0.2) is 53.4 Å². The summed E-state index contributed by atoms with van der Waals surface area (Å²) in [5.41, 5.74) is 2.15. The molecule has 32 heavy (non-hydrogen) atoms. The highest BCUT2D eigenvalue weighted by Crippen LogP contribution is 2.24. The first-order chi connectivity index (χ1) is 15.3. The van der Waals surface area contributed by atoms with E-state index in [2.05, 4.69) is 15.2 Å². The zero-order valence-corrected chi connectivity index (χ0v) is 19.1. The Kier molecular flexibility index (Phi) is 6.14. The number of piperazine rings is 1. The Bertz CT molecular complexity index is 1270. The summed E-state index contributed by atoms with van der Waals surface area (Å²) in [5, 5.41) is 3.63. The second kappa shape index (κ2) is 8.85. The van der Waals surface area contributed by atoms with Gasteiger partial charge in [0, 0.05) is 43.3 Å². The fourth-order valence-electron chi connectivity index (χ4n) is 3.71. The lowest BCUT2D eigenvalue weighted by Crippen LogP contribution is -2.47. The molecule has 0 bridgehead atoms. The number of carbonyl (C=O) groups excluding carboxylic acids is 1. The number of aryl methyl sites for hydroxylation is 1. The van der Waals surface area contributed by atoms with Crippen LogP contribution in [-0.2, 0) is 10.0 Å². The number of pyridine rings is 1. The van der Waals surface area contributed by atoms with Gasteiger partial charge < -0.3 is 15.0 Å². The molecule has 1 aliphatic rings. The van der Waals surface area contributed by atoms with Crippen molar-refractivity contribution >= 4 is 32.5 Å². The average Bonchev–Trinajstić information content (AvgIpc) is 2.78. The zero-order chi connectivity index (χ0) is 22.9. The first-order valence-electron chi connectivity index (χ1n) is 10.3. The van der Waals surface area contributed by atoms with Crippen LogP contribution < -0.4 is 10.1 Å². The molecule has 0 atom stereocenters. The van der Waals surface area contributed by atoms with Crippen LogP contribution in [-0.4, -0.2) is 68.9 Å². The number of amides is 1. The van der Waals surface area contributed by atoms with Crippen molar-refractivity contribution in [1.29, 1.82) is 0 Å². The molecule has 0 radical (unpaired) electrons. The van der Waals surface area contributed by atoms with Crippen molar-refractivity contribution in [2.24, 2.45) is 0 Å². The Labute approximate surface area is 187 Å². The summed E-state index contributed by atoms with van der Waals surface area (Å²) in [6.45, 7) is 4.04. The lowest BCUT2D eigenvalue weighted by molar-refractivity contribution is 0.102. The molecule has 1 aromatic heterocycles. The Hall–Kier alpha value is -3.01. The van der Waals surface area contributed by atoms with E-state index in [0.717, 1.165) is 10.9 Å². The number of hydrogen-bond donors (Lipinski definition) is 1. The molecular formula is C23H26N4O4S. The van der Waals surface area contributed by atoms with Crippen LogP contribution in [0.1, 0.15) is 16.1 Å². The Balaban J connectivity index is 1.57. The van der Waals surface area contributed by atoms with Gasteiger partial charge in [-0.05, 0) is 50.4 Å². The van der Waals surface area contributed by atoms with E-state index >= 15 is 0 Å². The number of rotatable bonds is 5. The number of carbonyl (C=O) groups is 1. The number of benzene rings is 2. The lowest BCUT2D eigenvalue weighted by atomic mass is 10.1. The van der Waals surface area contributed by atoms with Crippen LogP contribution in [0.5, 0.6) is 5.75 Å². The Morgan fingerprint density at radius 2 is 1.81 bits per heavy atom. The van der Waals surface area contributed by atoms with Gasteiger partial charge >= 0.3 is 0 Å². The summed E-state index contributed by atoms with van der Waals surface area (Å²) in [5.74, 6) is 0.349. The average molecular weight is 455 g/mol. The summed E-state index contributed by atoms with van der Waals surface area (Å²) >= 11 is 0. The van der Waals surface area contributed by atoms with Crippen LogP contribution >= 0.6 is 0 Å². The van der Waals surface area contributed by atoms with E-state index in [1.807, 2.05) is 25.2 Å². The molecule has 0 spiro atoms. The van der Waals surface area contributed by atoms with E-state index < -0.39 is 10.0 Å². The largest absolute Gasteiger partial charge is 0.497 e. The van der Waals surface area contributed by atoms with Crippen molar-refractivity contribution in [3.63, 3.8) is 0 Å². The molecule has 1 fully saturated rings. The van der Waals surface area contributed by atoms with Crippen LogP contribution in [0.25, 0.3) is 10.9 Å². The molecule has 168 valence electrons. The molecule has 0 saturated carbocycles. The van der Waals surface area contributed by atoms with Crippen molar-refractivity contribution in [1.82, 2.24) is 14.2 Å². The topological polar surface area (TPSA) is 91.8 Å². The van der Waals surface area contributed by atoms with Gasteiger partial charge in [0.2, 0.25) is 10.0 Å². The molecule has 0 aliphatic carbocycles. The van der Waals surface area contributed by atoms with Crippen LogP contribution in [0.2, 0.25) is 0 Å². The van der Waals surface area contributed by atoms with E-state index in [0.29, 0.717) is 48.9 Å². The number of methoxy groups -OCH3 is 1. The van der Waals surface area contributed by atoms with E-state index in [4.69, 9.17) is 4.74 Å². The maximum Gasteiger partial charge on any atom is 0.257 e. The molecule has 0 unspecified atom stereocenters. The highest BCUT2D eigenvalue weighted by atomic mass is 32.2. The molecule has 2 aromatic carbocycles. The van der Waals surface area contributed by atoms with Gasteiger partial charge in [0.05, 0.1) is 28.8 Å². The maximum absolute atomic E-state index is 13.0. The quantitative estimate of drug-likeness (QED) is 0.637. The minimum atomic E-state index is -3.62. The van der Waals surface area contributed by atoms with E-state index in [1.54, 1.807) is 38.3 Å². The van der Waals surface area contributed by atoms with Crippen molar-refractivity contribution in [2.45, 2.75) is 11.8 Å². The minimum Gasteiger partial charge on any atom is -0.497 e. The molecule has 1 saturated heterocycles. The third-order valence-corrected chi connectivity index (χ3v) is 7.55. The molecule has 3 aromatic rings. The van der Waals surface area contributed by atoms with Gasteiger partial charge in [-0.1, -0.05) is 6.07 Å². The number of hydrogen-bond acceptors (Lipinski definition) is 6. The number of fused-ring (bicyclic) bond motifs is 1. The number of anilines is 1. The van der Waals surface area contributed by atoms with Crippen LogP contribution in [0, 0.1) is 6.92 Å². The van der Waals surface area contributed by atoms with E-state index in [9.17, 15) is 13.2 Å². The summed E-state index contributed by atoms with van der Waals surface area (Å²) in [7, 11) is -0.0572. The van der Waals surface area contributed by atoms with Gasteiger partial charge in [0.25, 0.3) is 5.91 Å². The number of nitrogens with one attached hydrogen (secondary N) is 1. The van der Waals surface area contributed by atoms with Gasteiger partial charge in [-0.15, -0.1) is 0 Å². The van der Waals surface area contributed by atoms with Crippen LogP contribution in [0.4, 0.5) is 5.69 Å². The monoisotopic (exact) mass is 454 g/mol. The fraction of sp³-hybridized carbons (Fsp3) is 0.304. The third kappa shape index (κ3) is 4.45. The van der Waals surface area contributed by atoms with Crippen molar-refractivity contribution in [3.05, 3.63) is 59.8 Å². The molecular weight excluding hydrogens is 428 g/mol. The second-order valence-electron chi connectivity index (χ2n) is 7.87. The predicted molar refractivity (Wildman–Crippen MR) is 124 cm³/mol. The van der Waals surface area contributed by atoms with Crippen molar-refractivity contribution < 1.29 is 17.9 Å². The fourth-order valence-corrected chi connectivity index (χ4v) is 5.18. The third-order valence-electron chi connectivity index (χ3n) is 5.65. The SMILES string of the molecule is COc1ccc2cc(C(=O)Nc3cccc(S(=O)(=O)N4CCN(C)CC4)c3)c(C)nc2c1. The highest BCUT2D eigenvalue weighted by molar-refractivity contribution is 7.89. The summed E-state index contributed by atoms with van der Waals surface area (Å²) < 4.78 is 32.8. The summed E-state index contributed by atoms with van der Waals surface area (Å²) in [6, 6.07) is 13.6. The molecule has 8 nitrogen and oxygen atoms in total. The minimum absolute atomic E-state index is 0.167. The number of nitrogens with zero attached hydrogens (tertiary/aromatic N) is 3.